The molecular weight excluding hydrogens is 332 g/mol. The number of anilines is 1. The van der Waals surface area contributed by atoms with E-state index in [-0.39, 0.29) is 5.56 Å². The van der Waals surface area contributed by atoms with Gasteiger partial charge < -0.3 is 4.72 Å². The first kappa shape index (κ1) is 15.7. The molecule has 2 heterocycles. The third-order valence-corrected chi connectivity index (χ3v) is 4.09. The van der Waals surface area contributed by atoms with Gasteiger partial charge in [0.2, 0.25) is 0 Å². The summed E-state index contributed by atoms with van der Waals surface area (Å²) in [5.74, 6) is 0.546. The minimum absolute atomic E-state index is 0.136. The fourth-order valence-corrected chi connectivity index (χ4v) is 2.84. The van der Waals surface area contributed by atoms with Crippen molar-refractivity contribution in [2.75, 3.05) is 11.0 Å². The van der Waals surface area contributed by atoms with Gasteiger partial charge in [0, 0.05) is 17.0 Å². The Kier molecular flexibility index (Phi) is 4.45. The molecule has 3 rings (SSSR count). The molecular formula is C16H15ClN4OS. The average Bonchev–Trinajstić information content (AvgIpc) is 2.84. The SMILES string of the molecule is CSNc1ccc(-n2[nH]c(C)c(-c3ccc(Cl)cc3)c2=O)nc1. The molecule has 0 bridgehead atoms. The first-order valence-corrected chi connectivity index (χ1v) is 8.53. The number of aromatic nitrogens is 3. The van der Waals surface area contributed by atoms with Crippen LogP contribution in [0, 0.1) is 6.92 Å². The molecule has 0 amide bonds. The molecule has 0 aliphatic heterocycles. The fourth-order valence-electron chi connectivity index (χ4n) is 2.36. The molecule has 5 nitrogen and oxygen atoms in total. The van der Waals surface area contributed by atoms with Crippen molar-refractivity contribution < 1.29 is 0 Å². The monoisotopic (exact) mass is 346 g/mol. The molecule has 0 saturated carbocycles. The van der Waals surface area contributed by atoms with Gasteiger partial charge in [0.25, 0.3) is 5.56 Å². The van der Waals surface area contributed by atoms with Crippen molar-refractivity contribution in [3.05, 3.63) is 63.7 Å². The van der Waals surface area contributed by atoms with Gasteiger partial charge in [-0.25, -0.2) is 9.67 Å². The van der Waals surface area contributed by atoms with Crippen molar-refractivity contribution in [2.24, 2.45) is 0 Å². The second-order valence-corrected chi connectivity index (χ2v) is 6.02. The number of pyridine rings is 1. The van der Waals surface area contributed by atoms with Crippen molar-refractivity contribution in [3.63, 3.8) is 0 Å². The molecule has 1 aromatic carbocycles. The predicted molar refractivity (Wildman–Crippen MR) is 96.5 cm³/mol. The smallest absolute Gasteiger partial charge is 0.280 e. The number of nitrogens with one attached hydrogen (secondary N) is 2. The van der Waals surface area contributed by atoms with Crippen molar-refractivity contribution in [1.29, 1.82) is 0 Å². The van der Waals surface area contributed by atoms with Crippen LogP contribution in [0.3, 0.4) is 0 Å². The van der Waals surface area contributed by atoms with Crippen molar-refractivity contribution in [2.45, 2.75) is 6.92 Å². The molecule has 0 spiro atoms. The molecule has 2 N–H and O–H groups in total. The molecule has 0 radical (unpaired) electrons. The Morgan fingerprint density at radius 2 is 1.96 bits per heavy atom. The summed E-state index contributed by atoms with van der Waals surface area (Å²) in [6.07, 6.45) is 3.63. The minimum Gasteiger partial charge on any atom is -0.329 e. The first-order chi connectivity index (χ1) is 11.1. The highest BCUT2D eigenvalue weighted by Crippen LogP contribution is 2.22. The summed E-state index contributed by atoms with van der Waals surface area (Å²) in [5, 5.41) is 3.72. The largest absolute Gasteiger partial charge is 0.329 e. The maximum Gasteiger partial charge on any atom is 0.280 e. The summed E-state index contributed by atoms with van der Waals surface area (Å²) >= 11 is 7.40. The van der Waals surface area contributed by atoms with E-state index in [1.807, 2.05) is 31.4 Å². The summed E-state index contributed by atoms with van der Waals surface area (Å²) in [4.78, 5) is 17.1. The minimum atomic E-state index is -0.136. The fraction of sp³-hybridized carbons (Fsp3) is 0.125. The lowest BCUT2D eigenvalue weighted by Crippen LogP contribution is -2.16. The van der Waals surface area contributed by atoms with E-state index in [0.29, 0.717) is 16.4 Å². The topological polar surface area (TPSA) is 62.7 Å². The maximum atomic E-state index is 12.7. The number of H-pyrrole nitrogens is 1. The summed E-state index contributed by atoms with van der Waals surface area (Å²) < 4.78 is 4.54. The Morgan fingerprint density at radius 1 is 1.22 bits per heavy atom. The molecule has 3 aromatic rings. The van der Waals surface area contributed by atoms with Gasteiger partial charge in [-0.2, -0.15) is 0 Å². The number of aryl methyl sites for hydroxylation is 1. The molecule has 0 atom stereocenters. The maximum absolute atomic E-state index is 12.7. The van der Waals surface area contributed by atoms with Crippen molar-refractivity contribution >= 4 is 29.2 Å². The highest BCUT2D eigenvalue weighted by atomic mass is 35.5. The van der Waals surface area contributed by atoms with E-state index in [2.05, 4.69) is 14.8 Å². The van der Waals surface area contributed by atoms with Crippen LogP contribution < -0.4 is 10.3 Å². The second kappa shape index (κ2) is 6.52. The quantitative estimate of drug-likeness (QED) is 0.704. The van der Waals surface area contributed by atoms with Gasteiger partial charge in [0.1, 0.15) is 0 Å². The molecule has 0 aliphatic carbocycles. The van der Waals surface area contributed by atoms with Gasteiger partial charge in [0.15, 0.2) is 5.82 Å². The van der Waals surface area contributed by atoms with Crippen LogP contribution in [0.25, 0.3) is 16.9 Å². The number of nitrogens with zero attached hydrogens (tertiary/aromatic N) is 2. The normalized spacial score (nSPS) is 10.7. The van der Waals surface area contributed by atoms with E-state index in [4.69, 9.17) is 11.6 Å². The van der Waals surface area contributed by atoms with Crippen LogP contribution in [0.2, 0.25) is 5.02 Å². The molecule has 118 valence electrons. The first-order valence-electron chi connectivity index (χ1n) is 6.93. The number of hydrogen-bond donors (Lipinski definition) is 2. The molecule has 23 heavy (non-hydrogen) atoms. The van der Waals surface area contributed by atoms with Crippen LogP contribution >= 0.6 is 23.5 Å². The molecule has 2 aromatic heterocycles. The van der Waals surface area contributed by atoms with Gasteiger partial charge in [-0.3, -0.25) is 9.89 Å². The lowest BCUT2D eigenvalue weighted by atomic mass is 10.1. The van der Waals surface area contributed by atoms with E-state index < -0.39 is 0 Å². The zero-order valence-corrected chi connectivity index (χ0v) is 14.2. The third kappa shape index (κ3) is 3.13. The van der Waals surface area contributed by atoms with Gasteiger partial charge in [-0.15, -0.1) is 0 Å². The lowest BCUT2D eigenvalue weighted by molar-refractivity contribution is 0.808. The van der Waals surface area contributed by atoms with Crippen LogP contribution in [-0.4, -0.2) is 21.0 Å². The van der Waals surface area contributed by atoms with E-state index >= 15 is 0 Å². The number of rotatable bonds is 4. The van der Waals surface area contributed by atoms with Crippen molar-refractivity contribution in [1.82, 2.24) is 14.8 Å². The standard InChI is InChI=1S/C16H15ClN4OS/c1-10-15(11-3-5-12(17)6-4-11)16(22)21(19-10)14-8-7-13(9-18-14)20-23-2/h3-9,19-20H,1-2H3. The van der Waals surface area contributed by atoms with E-state index in [0.717, 1.165) is 16.9 Å². The lowest BCUT2D eigenvalue weighted by Gasteiger charge is -2.03. The zero-order chi connectivity index (χ0) is 16.4. The number of benzene rings is 1. The van der Waals surface area contributed by atoms with E-state index in [1.54, 1.807) is 24.4 Å². The molecule has 7 heteroatoms. The highest BCUT2D eigenvalue weighted by molar-refractivity contribution is 7.99. The summed E-state index contributed by atoms with van der Waals surface area (Å²) in [5.41, 5.74) is 2.98. The molecule has 0 fully saturated rings. The third-order valence-electron chi connectivity index (χ3n) is 3.40. The Morgan fingerprint density at radius 3 is 2.57 bits per heavy atom. The number of aromatic amines is 1. The van der Waals surface area contributed by atoms with Gasteiger partial charge in [0.05, 0.1) is 17.4 Å². The van der Waals surface area contributed by atoms with Crippen LogP contribution in [0.15, 0.2) is 47.4 Å². The van der Waals surface area contributed by atoms with Gasteiger partial charge >= 0.3 is 0 Å². The van der Waals surface area contributed by atoms with Crippen LogP contribution in [-0.2, 0) is 0 Å². The number of halogens is 1. The highest BCUT2D eigenvalue weighted by Gasteiger charge is 2.14. The second-order valence-electron chi connectivity index (χ2n) is 4.97. The van der Waals surface area contributed by atoms with Crippen LogP contribution in [0.4, 0.5) is 5.69 Å². The molecule has 0 aliphatic rings. The van der Waals surface area contributed by atoms with Crippen LogP contribution in [0.5, 0.6) is 0 Å². The van der Waals surface area contributed by atoms with Gasteiger partial charge in [-0.1, -0.05) is 35.7 Å². The summed E-state index contributed by atoms with van der Waals surface area (Å²) in [6, 6.07) is 10.9. The Balaban J connectivity index is 2.03. The van der Waals surface area contributed by atoms with Gasteiger partial charge in [-0.05, 0) is 36.8 Å². The summed E-state index contributed by atoms with van der Waals surface area (Å²) in [6.45, 7) is 1.87. The Labute approximate surface area is 142 Å². The van der Waals surface area contributed by atoms with E-state index in [1.165, 1.54) is 16.6 Å². The van der Waals surface area contributed by atoms with Crippen molar-refractivity contribution in [3.8, 4) is 16.9 Å². The molecule has 0 unspecified atom stereocenters. The average molecular weight is 347 g/mol. The molecule has 0 saturated heterocycles. The Hall–Kier alpha value is -2.18. The van der Waals surface area contributed by atoms with E-state index in [9.17, 15) is 4.79 Å². The Bertz CT molecular complexity index is 869. The predicted octanol–water partition coefficient (Wildman–Crippen LogP) is 3.88. The van der Waals surface area contributed by atoms with Crippen LogP contribution in [0.1, 0.15) is 5.69 Å². The number of hydrogen-bond acceptors (Lipinski definition) is 4. The summed E-state index contributed by atoms with van der Waals surface area (Å²) in [7, 11) is 0. The zero-order valence-electron chi connectivity index (χ0n) is 12.6.